The second-order valence-electron chi connectivity index (χ2n) is 4.08. The van der Waals surface area contributed by atoms with Gasteiger partial charge in [-0.2, -0.15) is 0 Å². The van der Waals surface area contributed by atoms with Crippen LogP contribution in [0.1, 0.15) is 31.4 Å². The first-order valence-corrected chi connectivity index (χ1v) is 5.26. The van der Waals surface area contributed by atoms with Crippen LogP contribution >= 0.6 is 0 Å². The van der Waals surface area contributed by atoms with Crippen LogP contribution < -0.4 is 0 Å². The number of nitrogens with zero attached hydrogens (tertiary/aromatic N) is 2. The maximum atomic E-state index is 10.5. The zero-order valence-electron chi connectivity index (χ0n) is 8.89. The van der Waals surface area contributed by atoms with Crippen LogP contribution in [0, 0.1) is 0 Å². The molecule has 1 fully saturated rings. The highest BCUT2D eigenvalue weighted by Crippen LogP contribution is 2.36. The van der Waals surface area contributed by atoms with Gasteiger partial charge in [-0.1, -0.05) is 0 Å². The second kappa shape index (κ2) is 4.24. The van der Waals surface area contributed by atoms with Crippen LogP contribution in [0.15, 0.2) is 18.6 Å². The maximum absolute atomic E-state index is 10.5. The molecular formula is C11H16N2O2. The van der Waals surface area contributed by atoms with E-state index in [-0.39, 0.29) is 6.10 Å². The standard InChI is InChI=1S/C11H16N2O2/c1-15-9-3-2-4-11(14,7-9)10-8-12-5-6-13-10/h5-6,8-9,14H,2-4,7H2,1H3. The molecule has 0 spiro atoms. The lowest BCUT2D eigenvalue weighted by Gasteiger charge is -2.35. The first-order valence-electron chi connectivity index (χ1n) is 5.26. The van der Waals surface area contributed by atoms with Gasteiger partial charge in [0.05, 0.1) is 18.0 Å². The molecule has 0 radical (unpaired) electrons. The summed E-state index contributed by atoms with van der Waals surface area (Å²) in [7, 11) is 1.69. The van der Waals surface area contributed by atoms with E-state index < -0.39 is 5.60 Å². The number of hydrogen-bond acceptors (Lipinski definition) is 4. The van der Waals surface area contributed by atoms with Gasteiger partial charge in [-0.15, -0.1) is 0 Å². The number of aliphatic hydroxyl groups is 1. The summed E-state index contributed by atoms with van der Waals surface area (Å²) in [6, 6.07) is 0. The second-order valence-corrected chi connectivity index (χ2v) is 4.08. The maximum Gasteiger partial charge on any atom is 0.110 e. The lowest BCUT2D eigenvalue weighted by Crippen LogP contribution is -2.36. The van der Waals surface area contributed by atoms with E-state index in [1.54, 1.807) is 25.7 Å². The van der Waals surface area contributed by atoms with Crippen molar-refractivity contribution in [1.82, 2.24) is 9.97 Å². The van der Waals surface area contributed by atoms with Crippen LogP contribution in [0.4, 0.5) is 0 Å². The molecule has 1 aliphatic carbocycles. The molecule has 1 heterocycles. The lowest BCUT2D eigenvalue weighted by atomic mass is 9.81. The Labute approximate surface area is 89.3 Å². The molecule has 4 nitrogen and oxygen atoms in total. The van der Waals surface area contributed by atoms with Gasteiger partial charge in [0.1, 0.15) is 5.60 Å². The Bertz CT molecular complexity index is 318. The fourth-order valence-corrected chi connectivity index (χ4v) is 2.18. The van der Waals surface area contributed by atoms with Crippen molar-refractivity contribution in [2.75, 3.05) is 7.11 Å². The molecule has 82 valence electrons. The summed E-state index contributed by atoms with van der Waals surface area (Å²) in [6.07, 6.45) is 8.33. The minimum atomic E-state index is -0.854. The van der Waals surface area contributed by atoms with Crippen LogP contribution in [0.25, 0.3) is 0 Å². The van der Waals surface area contributed by atoms with Crippen molar-refractivity contribution in [3.63, 3.8) is 0 Å². The van der Waals surface area contributed by atoms with Crippen molar-refractivity contribution >= 4 is 0 Å². The quantitative estimate of drug-likeness (QED) is 0.794. The fraction of sp³-hybridized carbons (Fsp3) is 0.636. The van der Waals surface area contributed by atoms with E-state index in [9.17, 15) is 5.11 Å². The van der Waals surface area contributed by atoms with Gasteiger partial charge in [-0.25, -0.2) is 0 Å². The van der Waals surface area contributed by atoms with E-state index in [1.807, 2.05) is 0 Å². The summed E-state index contributed by atoms with van der Waals surface area (Å²) in [5.41, 5.74) is -0.195. The number of rotatable bonds is 2. The van der Waals surface area contributed by atoms with Crippen LogP contribution in [0.3, 0.4) is 0 Å². The number of hydrogen-bond donors (Lipinski definition) is 1. The van der Waals surface area contributed by atoms with Crippen molar-refractivity contribution in [1.29, 1.82) is 0 Å². The molecule has 0 aromatic carbocycles. The van der Waals surface area contributed by atoms with Crippen molar-refractivity contribution in [3.8, 4) is 0 Å². The topological polar surface area (TPSA) is 55.2 Å². The molecule has 1 aromatic rings. The predicted molar refractivity (Wildman–Crippen MR) is 55.2 cm³/mol. The van der Waals surface area contributed by atoms with Gasteiger partial charge >= 0.3 is 0 Å². The van der Waals surface area contributed by atoms with Crippen LogP contribution in [-0.2, 0) is 10.3 Å². The van der Waals surface area contributed by atoms with Gasteiger partial charge in [0.15, 0.2) is 0 Å². The van der Waals surface area contributed by atoms with E-state index >= 15 is 0 Å². The molecule has 2 rings (SSSR count). The molecule has 1 aliphatic rings. The summed E-state index contributed by atoms with van der Waals surface area (Å²) in [6.45, 7) is 0. The smallest absolute Gasteiger partial charge is 0.110 e. The Morgan fingerprint density at radius 3 is 3.07 bits per heavy atom. The Morgan fingerprint density at radius 2 is 2.40 bits per heavy atom. The minimum absolute atomic E-state index is 0.130. The van der Waals surface area contributed by atoms with E-state index in [0.717, 1.165) is 19.3 Å². The molecule has 0 aliphatic heterocycles. The predicted octanol–water partition coefficient (Wildman–Crippen LogP) is 1.25. The molecule has 2 unspecified atom stereocenters. The highest BCUT2D eigenvalue weighted by molar-refractivity contribution is 5.09. The molecule has 1 N–H and O–H groups in total. The van der Waals surface area contributed by atoms with Gasteiger partial charge in [-0.3, -0.25) is 9.97 Å². The van der Waals surface area contributed by atoms with Gasteiger partial charge in [0.25, 0.3) is 0 Å². The zero-order chi connectivity index (χ0) is 10.7. The van der Waals surface area contributed by atoms with Crippen molar-refractivity contribution in [2.24, 2.45) is 0 Å². The summed E-state index contributed by atoms with van der Waals surface area (Å²) in [4.78, 5) is 8.17. The van der Waals surface area contributed by atoms with Crippen LogP contribution in [0.2, 0.25) is 0 Å². The number of aromatic nitrogens is 2. The molecule has 1 saturated carbocycles. The van der Waals surface area contributed by atoms with E-state index in [4.69, 9.17) is 4.74 Å². The summed E-state index contributed by atoms with van der Waals surface area (Å²) >= 11 is 0. The van der Waals surface area contributed by atoms with Crippen molar-refractivity contribution < 1.29 is 9.84 Å². The first-order chi connectivity index (χ1) is 7.24. The fourth-order valence-electron chi connectivity index (χ4n) is 2.18. The Kier molecular flexibility index (Phi) is 2.98. The van der Waals surface area contributed by atoms with Gasteiger partial charge in [0.2, 0.25) is 0 Å². The first kappa shape index (κ1) is 10.5. The van der Waals surface area contributed by atoms with Crippen LogP contribution in [0.5, 0.6) is 0 Å². The molecule has 0 saturated heterocycles. The van der Waals surface area contributed by atoms with E-state index in [0.29, 0.717) is 12.1 Å². The van der Waals surface area contributed by atoms with Crippen molar-refractivity contribution in [3.05, 3.63) is 24.3 Å². The third-order valence-electron chi connectivity index (χ3n) is 3.06. The SMILES string of the molecule is COC1CCCC(O)(c2cnccn2)C1. The van der Waals surface area contributed by atoms with Gasteiger partial charge in [-0.05, 0) is 19.3 Å². The molecule has 15 heavy (non-hydrogen) atoms. The Balaban J connectivity index is 2.19. The lowest BCUT2D eigenvalue weighted by molar-refractivity contribution is -0.0659. The molecule has 0 amide bonds. The molecule has 1 aromatic heterocycles. The third-order valence-corrected chi connectivity index (χ3v) is 3.06. The summed E-state index contributed by atoms with van der Waals surface area (Å²) in [5, 5.41) is 10.5. The van der Waals surface area contributed by atoms with E-state index in [1.165, 1.54) is 0 Å². The van der Waals surface area contributed by atoms with E-state index in [2.05, 4.69) is 9.97 Å². The summed E-state index contributed by atoms with van der Waals surface area (Å²) < 4.78 is 5.30. The average molecular weight is 208 g/mol. The monoisotopic (exact) mass is 208 g/mol. The average Bonchev–Trinajstić information content (AvgIpc) is 2.30. The molecule has 2 atom stereocenters. The van der Waals surface area contributed by atoms with Gasteiger partial charge in [0, 0.05) is 25.9 Å². The molecular weight excluding hydrogens is 192 g/mol. The molecule has 0 bridgehead atoms. The third kappa shape index (κ3) is 2.16. The van der Waals surface area contributed by atoms with Gasteiger partial charge < -0.3 is 9.84 Å². The largest absolute Gasteiger partial charge is 0.383 e. The Morgan fingerprint density at radius 1 is 1.53 bits per heavy atom. The zero-order valence-corrected chi connectivity index (χ0v) is 8.89. The number of ether oxygens (including phenoxy) is 1. The van der Waals surface area contributed by atoms with Crippen LogP contribution in [-0.4, -0.2) is 28.3 Å². The highest BCUT2D eigenvalue weighted by atomic mass is 16.5. The number of methoxy groups -OCH3 is 1. The minimum Gasteiger partial charge on any atom is -0.383 e. The highest BCUT2D eigenvalue weighted by Gasteiger charge is 2.37. The molecule has 4 heteroatoms. The van der Waals surface area contributed by atoms with Crippen molar-refractivity contribution in [2.45, 2.75) is 37.4 Å². The normalized spacial score (nSPS) is 31.5. The summed E-state index contributed by atoms with van der Waals surface area (Å²) in [5.74, 6) is 0. The Hall–Kier alpha value is -1.00.